The molecule has 8 heteroatoms. The van der Waals surface area contributed by atoms with Crippen molar-refractivity contribution in [2.24, 2.45) is 0 Å². The molecule has 2 unspecified atom stereocenters. The summed E-state index contributed by atoms with van der Waals surface area (Å²) >= 11 is 0. The Hall–Kier alpha value is -1.93. The summed E-state index contributed by atoms with van der Waals surface area (Å²) in [5.41, 5.74) is -2.22. The number of rotatable bonds is 31. The minimum absolute atomic E-state index is 0.0889. The van der Waals surface area contributed by atoms with E-state index in [2.05, 4.69) is 19.1 Å². The largest absolute Gasteiger partial charge is 0.466 e. The second-order valence-corrected chi connectivity index (χ2v) is 11.8. The molecule has 0 aliphatic carbocycles. The van der Waals surface area contributed by atoms with Gasteiger partial charge in [0.15, 0.2) is 6.10 Å². The van der Waals surface area contributed by atoms with Gasteiger partial charge in [-0.2, -0.15) is 0 Å². The molecular weight excluding hydrogens is 560 g/mol. The monoisotopic (exact) mass is 626 g/mol. The number of carbonyl (C=O) groups excluding carboxylic acids is 3. The second kappa shape index (κ2) is 29.8. The maximum absolute atomic E-state index is 13.4. The Bertz CT molecular complexity index is 738. The molecule has 0 saturated heterocycles. The van der Waals surface area contributed by atoms with Gasteiger partial charge < -0.3 is 24.1 Å². The predicted octanol–water partition coefficient (Wildman–Crippen LogP) is 8.56. The van der Waals surface area contributed by atoms with Crippen LogP contribution in [0.25, 0.3) is 0 Å². The molecule has 8 nitrogen and oxygen atoms in total. The van der Waals surface area contributed by atoms with Crippen molar-refractivity contribution in [2.45, 2.75) is 174 Å². The third kappa shape index (κ3) is 20.9. The molecule has 0 aliphatic heterocycles. The molecule has 2 atom stereocenters. The van der Waals surface area contributed by atoms with Gasteiger partial charge in [0, 0.05) is 6.61 Å². The van der Waals surface area contributed by atoms with Crippen LogP contribution in [0.3, 0.4) is 0 Å². The summed E-state index contributed by atoms with van der Waals surface area (Å²) in [6, 6.07) is 0. The van der Waals surface area contributed by atoms with Gasteiger partial charge in [0.05, 0.1) is 26.2 Å². The molecule has 44 heavy (non-hydrogen) atoms. The van der Waals surface area contributed by atoms with Crippen LogP contribution in [0.2, 0.25) is 0 Å². The normalized spacial score (nSPS) is 13.5. The minimum Gasteiger partial charge on any atom is -0.466 e. The fraction of sp³-hybridized carbons (Fsp3) is 0.861. The SMILES string of the molecule is CCCCCCCC/C=C\CCCCCCCCOC(CC(=O)OCCCC)(C(=O)OCCCC)C(O)C(=O)OCCCC. The maximum Gasteiger partial charge on any atom is 0.342 e. The van der Waals surface area contributed by atoms with Crippen LogP contribution in [-0.2, 0) is 33.3 Å². The second-order valence-electron chi connectivity index (χ2n) is 11.8. The number of allylic oxidation sites excluding steroid dienone is 2. The van der Waals surface area contributed by atoms with E-state index in [1.54, 1.807) is 0 Å². The topological polar surface area (TPSA) is 108 Å². The molecular formula is C36H66O8. The molecule has 258 valence electrons. The van der Waals surface area contributed by atoms with Gasteiger partial charge in [-0.05, 0) is 51.4 Å². The van der Waals surface area contributed by atoms with Crippen molar-refractivity contribution in [1.82, 2.24) is 0 Å². The van der Waals surface area contributed by atoms with Crippen LogP contribution in [0.4, 0.5) is 0 Å². The van der Waals surface area contributed by atoms with E-state index in [0.717, 1.165) is 51.4 Å². The Morgan fingerprint density at radius 1 is 0.568 bits per heavy atom. The first-order chi connectivity index (χ1) is 21.4. The third-order valence-electron chi connectivity index (χ3n) is 7.67. The summed E-state index contributed by atoms with van der Waals surface area (Å²) in [4.78, 5) is 38.9. The van der Waals surface area contributed by atoms with Crippen molar-refractivity contribution in [2.75, 3.05) is 26.4 Å². The summed E-state index contributed by atoms with van der Waals surface area (Å²) < 4.78 is 21.9. The fourth-order valence-electron chi connectivity index (χ4n) is 4.69. The van der Waals surface area contributed by atoms with Gasteiger partial charge in [-0.1, -0.05) is 117 Å². The van der Waals surface area contributed by atoms with Crippen molar-refractivity contribution in [3.05, 3.63) is 12.2 Å². The van der Waals surface area contributed by atoms with E-state index in [9.17, 15) is 19.5 Å². The van der Waals surface area contributed by atoms with Crippen molar-refractivity contribution in [3.63, 3.8) is 0 Å². The summed E-state index contributed by atoms with van der Waals surface area (Å²) in [6.07, 6.45) is 22.5. The molecule has 0 heterocycles. The van der Waals surface area contributed by atoms with Gasteiger partial charge >= 0.3 is 17.9 Å². The molecule has 0 radical (unpaired) electrons. The highest BCUT2D eigenvalue weighted by Gasteiger charge is 2.54. The van der Waals surface area contributed by atoms with Crippen LogP contribution in [-0.4, -0.2) is 61.1 Å². The first kappa shape index (κ1) is 42.1. The molecule has 0 saturated carbocycles. The van der Waals surface area contributed by atoms with Crippen molar-refractivity contribution < 1.29 is 38.4 Å². The minimum atomic E-state index is -2.22. The van der Waals surface area contributed by atoms with E-state index in [-0.39, 0.29) is 26.4 Å². The highest BCUT2D eigenvalue weighted by atomic mass is 16.6. The van der Waals surface area contributed by atoms with Crippen molar-refractivity contribution in [3.8, 4) is 0 Å². The zero-order valence-corrected chi connectivity index (χ0v) is 28.7. The Morgan fingerprint density at radius 2 is 1.02 bits per heavy atom. The number of hydrogen-bond acceptors (Lipinski definition) is 8. The van der Waals surface area contributed by atoms with E-state index in [1.807, 2.05) is 20.8 Å². The average molecular weight is 627 g/mol. The van der Waals surface area contributed by atoms with Crippen LogP contribution < -0.4 is 0 Å². The predicted molar refractivity (Wildman–Crippen MR) is 176 cm³/mol. The lowest BCUT2D eigenvalue weighted by molar-refractivity contribution is -0.205. The van der Waals surface area contributed by atoms with Gasteiger partial charge in [0.1, 0.15) is 0 Å². The molecule has 0 rings (SSSR count). The Morgan fingerprint density at radius 3 is 1.57 bits per heavy atom. The van der Waals surface area contributed by atoms with Crippen LogP contribution in [0, 0.1) is 0 Å². The molecule has 0 aromatic carbocycles. The van der Waals surface area contributed by atoms with Crippen LogP contribution in [0.1, 0.15) is 163 Å². The Labute approximate surface area is 269 Å². The van der Waals surface area contributed by atoms with Gasteiger partial charge in [-0.3, -0.25) is 4.79 Å². The summed E-state index contributed by atoms with van der Waals surface area (Å²) in [6.45, 7) is 8.59. The van der Waals surface area contributed by atoms with Crippen LogP contribution in [0.5, 0.6) is 0 Å². The lowest BCUT2D eigenvalue weighted by Gasteiger charge is -2.33. The molecule has 0 fully saturated rings. The number of aliphatic hydroxyl groups excluding tert-OH is 1. The molecule has 0 spiro atoms. The highest BCUT2D eigenvalue weighted by molar-refractivity contribution is 5.93. The highest BCUT2D eigenvalue weighted by Crippen LogP contribution is 2.27. The van der Waals surface area contributed by atoms with Gasteiger partial charge in [-0.25, -0.2) is 9.59 Å². The molecule has 0 aromatic heterocycles. The van der Waals surface area contributed by atoms with E-state index in [4.69, 9.17) is 18.9 Å². The average Bonchev–Trinajstić information content (AvgIpc) is 3.01. The maximum atomic E-state index is 13.4. The van der Waals surface area contributed by atoms with Gasteiger partial charge in [-0.15, -0.1) is 0 Å². The van der Waals surface area contributed by atoms with E-state index >= 15 is 0 Å². The zero-order chi connectivity index (χ0) is 32.7. The molecule has 0 aliphatic rings. The fourth-order valence-corrected chi connectivity index (χ4v) is 4.69. The number of hydrogen-bond donors (Lipinski definition) is 1. The Balaban J connectivity index is 4.91. The number of ether oxygens (including phenoxy) is 4. The number of unbranched alkanes of at least 4 members (excludes halogenated alkanes) is 15. The van der Waals surface area contributed by atoms with E-state index < -0.39 is 36.0 Å². The van der Waals surface area contributed by atoms with Crippen molar-refractivity contribution >= 4 is 17.9 Å². The summed E-state index contributed by atoms with van der Waals surface area (Å²) in [7, 11) is 0. The zero-order valence-electron chi connectivity index (χ0n) is 28.7. The molecule has 0 bridgehead atoms. The first-order valence-electron chi connectivity index (χ1n) is 17.9. The first-order valence-corrected chi connectivity index (χ1v) is 17.9. The quantitative estimate of drug-likeness (QED) is 0.0353. The number of aliphatic hydroxyl groups is 1. The van der Waals surface area contributed by atoms with E-state index in [0.29, 0.717) is 25.7 Å². The number of esters is 3. The smallest absolute Gasteiger partial charge is 0.342 e. The van der Waals surface area contributed by atoms with Crippen molar-refractivity contribution in [1.29, 1.82) is 0 Å². The Kier molecular flexibility index (Phi) is 28.5. The number of carbonyl (C=O) groups is 3. The third-order valence-corrected chi connectivity index (χ3v) is 7.67. The molecule has 0 amide bonds. The van der Waals surface area contributed by atoms with Gasteiger partial charge in [0.2, 0.25) is 5.60 Å². The standard InChI is InChI=1S/C36H66O8/c1-5-9-13-14-15-16-17-18-19-20-21-22-23-24-25-26-30-44-36(35(40)43-29-12-8-4,31-32(37)41-27-10-6-2)33(38)34(39)42-28-11-7-3/h18-19,33,38H,5-17,20-31H2,1-4H3/b19-18-. The molecule has 0 aromatic rings. The summed E-state index contributed by atoms with van der Waals surface area (Å²) in [5.74, 6) is -2.68. The molecule has 1 N–H and O–H groups in total. The van der Waals surface area contributed by atoms with Gasteiger partial charge in [0.25, 0.3) is 0 Å². The van der Waals surface area contributed by atoms with E-state index in [1.165, 1.54) is 51.4 Å². The lowest BCUT2D eigenvalue weighted by Crippen LogP contribution is -2.58. The van der Waals surface area contributed by atoms with Crippen LogP contribution >= 0.6 is 0 Å². The lowest BCUT2D eigenvalue weighted by atomic mass is 9.91. The van der Waals surface area contributed by atoms with Crippen LogP contribution in [0.15, 0.2) is 12.2 Å². The summed E-state index contributed by atoms with van der Waals surface area (Å²) in [5, 5.41) is 11.1.